The number of unbranched alkanes of at least 4 members (excludes halogenated alkanes) is 5. The summed E-state index contributed by atoms with van der Waals surface area (Å²) < 4.78 is 5.45. The van der Waals surface area contributed by atoms with Gasteiger partial charge in [0.15, 0.2) is 0 Å². The summed E-state index contributed by atoms with van der Waals surface area (Å²) >= 11 is 0. The second-order valence-corrected chi connectivity index (χ2v) is 6.56. The van der Waals surface area contributed by atoms with Gasteiger partial charge in [0.1, 0.15) is 18.6 Å². The summed E-state index contributed by atoms with van der Waals surface area (Å²) in [6, 6.07) is -2.23. The molecule has 10 nitrogen and oxygen atoms in total. The zero-order valence-electron chi connectivity index (χ0n) is 16.4. The standard InChI is InChI=1S/C18H33N3O7/c1-2-3-4-5-6-7-10-28-12-14(17(25)20-11-16(23)24)21-15(22)9-8-13(19)18(26)27/h13-14H,2-12,19H2,1H3,(H,20,25)(H,21,22)(H,23,24)(H,26,27)/t13-,14-/m0/s1. The van der Waals surface area contributed by atoms with E-state index in [-0.39, 0.29) is 19.4 Å². The zero-order chi connectivity index (χ0) is 21.4. The zero-order valence-corrected chi connectivity index (χ0v) is 16.4. The van der Waals surface area contributed by atoms with Crippen LogP contribution in [-0.2, 0) is 23.9 Å². The van der Waals surface area contributed by atoms with E-state index in [0.717, 1.165) is 19.3 Å². The first-order chi connectivity index (χ1) is 13.3. The molecule has 0 radical (unpaired) electrons. The van der Waals surface area contributed by atoms with Gasteiger partial charge in [0.25, 0.3) is 0 Å². The SMILES string of the molecule is CCCCCCCCOC[C@H](NC(=O)CC[C@H](N)C(=O)O)C(=O)NCC(=O)O. The summed E-state index contributed by atoms with van der Waals surface area (Å²) in [6.07, 6.45) is 6.23. The normalized spacial score (nSPS) is 12.8. The molecule has 0 unspecified atom stereocenters. The predicted octanol–water partition coefficient (Wildman–Crippen LogP) is 0.241. The topological polar surface area (TPSA) is 168 Å². The molecule has 162 valence electrons. The molecule has 0 aliphatic rings. The number of hydrogen-bond donors (Lipinski definition) is 5. The van der Waals surface area contributed by atoms with E-state index in [1.54, 1.807) is 0 Å². The molecule has 2 atom stereocenters. The van der Waals surface area contributed by atoms with Gasteiger partial charge in [-0.3, -0.25) is 19.2 Å². The third-order valence-electron chi connectivity index (χ3n) is 3.99. The largest absolute Gasteiger partial charge is 0.480 e. The maximum Gasteiger partial charge on any atom is 0.322 e. The van der Waals surface area contributed by atoms with Gasteiger partial charge in [0.05, 0.1) is 6.61 Å². The highest BCUT2D eigenvalue weighted by Crippen LogP contribution is 2.05. The molecule has 0 fully saturated rings. The van der Waals surface area contributed by atoms with Crippen LogP contribution in [0.3, 0.4) is 0 Å². The van der Waals surface area contributed by atoms with Crippen LogP contribution in [0.2, 0.25) is 0 Å². The number of rotatable bonds is 17. The van der Waals surface area contributed by atoms with Crippen LogP contribution in [0.5, 0.6) is 0 Å². The average molecular weight is 403 g/mol. The lowest BCUT2D eigenvalue weighted by molar-refractivity contribution is -0.139. The Morgan fingerprint density at radius 3 is 2.29 bits per heavy atom. The summed E-state index contributed by atoms with van der Waals surface area (Å²) in [5.74, 6) is -3.67. The third kappa shape index (κ3) is 13.9. The van der Waals surface area contributed by atoms with E-state index in [1.807, 2.05) is 0 Å². The number of carboxylic acid groups (broad SMARTS) is 2. The molecule has 28 heavy (non-hydrogen) atoms. The highest BCUT2D eigenvalue weighted by Gasteiger charge is 2.22. The number of aliphatic carboxylic acids is 2. The van der Waals surface area contributed by atoms with Gasteiger partial charge in [0.2, 0.25) is 11.8 Å². The predicted molar refractivity (Wildman–Crippen MR) is 102 cm³/mol. The minimum absolute atomic E-state index is 0.0801. The van der Waals surface area contributed by atoms with Crippen LogP contribution < -0.4 is 16.4 Å². The van der Waals surface area contributed by atoms with Gasteiger partial charge >= 0.3 is 11.9 Å². The number of amides is 2. The molecular formula is C18H33N3O7. The molecule has 0 aromatic rings. The first kappa shape index (κ1) is 25.8. The van der Waals surface area contributed by atoms with E-state index in [4.69, 9.17) is 20.7 Å². The van der Waals surface area contributed by atoms with Crippen LogP contribution in [0.4, 0.5) is 0 Å². The van der Waals surface area contributed by atoms with E-state index in [2.05, 4.69) is 17.6 Å². The van der Waals surface area contributed by atoms with Crippen LogP contribution in [0.25, 0.3) is 0 Å². The maximum atomic E-state index is 12.1. The van der Waals surface area contributed by atoms with Gasteiger partial charge in [-0.25, -0.2) is 0 Å². The fraction of sp³-hybridized carbons (Fsp3) is 0.778. The number of hydrogen-bond acceptors (Lipinski definition) is 6. The lowest BCUT2D eigenvalue weighted by atomic mass is 10.1. The minimum atomic E-state index is -1.22. The molecule has 0 saturated heterocycles. The molecule has 0 aliphatic carbocycles. The highest BCUT2D eigenvalue weighted by atomic mass is 16.5. The molecular weight excluding hydrogens is 370 g/mol. The van der Waals surface area contributed by atoms with Crippen LogP contribution >= 0.6 is 0 Å². The lowest BCUT2D eigenvalue weighted by Gasteiger charge is -2.18. The van der Waals surface area contributed by atoms with E-state index in [1.165, 1.54) is 19.3 Å². The molecule has 0 saturated carbocycles. The van der Waals surface area contributed by atoms with Crippen LogP contribution in [-0.4, -0.2) is 65.8 Å². The Balaban J connectivity index is 4.37. The van der Waals surface area contributed by atoms with Gasteiger partial charge in [-0.15, -0.1) is 0 Å². The Kier molecular flexibility index (Phi) is 14.6. The lowest BCUT2D eigenvalue weighted by Crippen LogP contribution is -2.50. The number of carbonyl (C=O) groups is 4. The van der Waals surface area contributed by atoms with Crippen molar-refractivity contribution in [2.75, 3.05) is 19.8 Å². The van der Waals surface area contributed by atoms with Gasteiger partial charge in [-0.05, 0) is 12.8 Å². The number of carbonyl (C=O) groups excluding carboxylic acids is 2. The second-order valence-electron chi connectivity index (χ2n) is 6.56. The average Bonchev–Trinajstić information content (AvgIpc) is 2.64. The summed E-state index contributed by atoms with van der Waals surface area (Å²) in [7, 11) is 0. The Morgan fingerprint density at radius 2 is 1.68 bits per heavy atom. The second kappa shape index (κ2) is 15.8. The van der Waals surface area contributed by atoms with Crippen LogP contribution in [0.15, 0.2) is 0 Å². The van der Waals surface area contributed by atoms with Crippen molar-refractivity contribution in [2.45, 2.75) is 70.4 Å². The van der Waals surface area contributed by atoms with Crippen molar-refractivity contribution in [3.8, 4) is 0 Å². The number of nitrogens with one attached hydrogen (secondary N) is 2. The molecule has 6 N–H and O–H groups in total. The minimum Gasteiger partial charge on any atom is -0.480 e. The van der Waals surface area contributed by atoms with Gasteiger partial charge in [-0.2, -0.15) is 0 Å². The Morgan fingerprint density at radius 1 is 1.04 bits per heavy atom. The molecule has 10 heteroatoms. The van der Waals surface area contributed by atoms with E-state index < -0.39 is 42.4 Å². The fourth-order valence-electron chi connectivity index (χ4n) is 2.33. The molecule has 0 aromatic heterocycles. The van der Waals surface area contributed by atoms with Gasteiger partial charge in [0, 0.05) is 13.0 Å². The first-order valence-electron chi connectivity index (χ1n) is 9.62. The van der Waals surface area contributed by atoms with Crippen molar-refractivity contribution in [3.63, 3.8) is 0 Å². The molecule has 0 bridgehead atoms. The van der Waals surface area contributed by atoms with Crippen molar-refractivity contribution < 1.29 is 34.1 Å². The Bertz CT molecular complexity index is 500. The fourth-order valence-corrected chi connectivity index (χ4v) is 2.33. The first-order valence-corrected chi connectivity index (χ1v) is 9.62. The smallest absolute Gasteiger partial charge is 0.322 e. The van der Waals surface area contributed by atoms with Crippen molar-refractivity contribution >= 4 is 23.8 Å². The molecule has 2 amide bonds. The van der Waals surface area contributed by atoms with Gasteiger partial charge in [-0.1, -0.05) is 39.0 Å². The Hall–Kier alpha value is -2.20. The molecule has 0 aromatic carbocycles. The number of ether oxygens (including phenoxy) is 1. The maximum absolute atomic E-state index is 12.1. The van der Waals surface area contributed by atoms with E-state index >= 15 is 0 Å². The summed E-state index contributed by atoms with van der Waals surface area (Å²) in [5.41, 5.74) is 5.34. The summed E-state index contributed by atoms with van der Waals surface area (Å²) in [6.45, 7) is 1.89. The molecule has 0 rings (SSSR count). The summed E-state index contributed by atoms with van der Waals surface area (Å²) in [4.78, 5) is 45.3. The molecule has 0 aliphatic heterocycles. The van der Waals surface area contributed by atoms with Crippen LogP contribution in [0.1, 0.15) is 58.3 Å². The van der Waals surface area contributed by atoms with Crippen molar-refractivity contribution in [1.29, 1.82) is 0 Å². The van der Waals surface area contributed by atoms with E-state index in [9.17, 15) is 19.2 Å². The van der Waals surface area contributed by atoms with Crippen molar-refractivity contribution in [1.82, 2.24) is 10.6 Å². The molecule has 0 heterocycles. The number of carboxylic acids is 2. The highest BCUT2D eigenvalue weighted by molar-refractivity contribution is 5.89. The van der Waals surface area contributed by atoms with Crippen molar-refractivity contribution in [2.24, 2.45) is 5.73 Å². The van der Waals surface area contributed by atoms with Crippen molar-refractivity contribution in [3.05, 3.63) is 0 Å². The van der Waals surface area contributed by atoms with E-state index in [0.29, 0.717) is 6.61 Å². The quantitative estimate of drug-likeness (QED) is 0.215. The monoisotopic (exact) mass is 403 g/mol. The molecule has 0 spiro atoms. The summed E-state index contributed by atoms with van der Waals surface area (Å²) in [5, 5.41) is 22.0. The Labute approximate surface area is 165 Å². The third-order valence-corrected chi connectivity index (χ3v) is 3.99. The number of nitrogens with two attached hydrogens (primary N) is 1. The van der Waals surface area contributed by atoms with Crippen LogP contribution in [0, 0.1) is 0 Å². The van der Waals surface area contributed by atoms with Gasteiger partial charge < -0.3 is 31.3 Å².